The molecule has 0 saturated carbocycles. The van der Waals surface area contributed by atoms with Gasteiger partial charge < -0.3 is 5.32 Å². The molecule has 1 aromatic heterocycles. The highest BCUT2D eigenvalue weighted by atomic mass is 32.2. The Kier molecular flexibility index (Phi) is 4.59. The first-order valence-corrected chi connectivity index (χ1v) is 9.24. The second-order valence-corrected chi connectivity index (χ2v) is 7.68. The SMILES string of the molecule is O=S1(=O)CCCN1c1cccc(CNc2cccc(C(F)(F)F)n2)c1. The monoisotopic (exact) mass is 371 g/mol. The highest BCUT2D eigenvalue weighted by Crippen LogP contribution is 2.28. The first kappa shape index (κ1) is 17.5. The zero-order valence-corrected chi connectivity index (χ0v) is 13.9. The summed E-state index contributed by atoms with van der Waals surface area (Å²) >= 11 is 0. The summed E-state index contributed by atoms with van der Waals surface area (Å²) in [6.07, 6.45) is -3.92. The van der Waals surface area contributed by atoms with Gasteiger partial charge in [-0.1, -0.05) is 18.2 Å². The van der Waals surface area contributed by atoms with Gasteiger partial charge >= 0.3 is 6.18 Å². The van der Waals surface area contributed by atoms with E-state index in [-0.39, 0.29) is 18.1 Å². The van der Waals surface area contributed by atoms with Crippen molar-refractivity contribution in [1.82, 2.24) is 4.98 Å². The van der Waals surface area contributed by atoms with E-state index in [0.717, 1.165) is 11.6 Å². The Hall–Kier alpha value is -2.29. The van der Waals surface area contributed by atoms with Gasteiger partial charge in [-0.3, -0.25) is 4.31 Å². The molecule has 1 fully saturated rings. The summed E-state index contributed by atoms with van der Waals surface area (Å²) in [7, 11) is -3.27. The van der Waals surface area contributed by atoms with Gasteiger partial charge in [-0.25, -0.2) is 13.4 Å². The molecule has 0 radical (unpaired) electrons. The van der Waals surface area contributed by atoms with Crippen LogP contribution in [0.25, 0.3) is 0 Å². The molecule has 0 spiro atoms. The maximum absolute atomic E-state index is 12.7. The standard InChI is InChI=1S/C16H16F3N3O2S/c17-16(18,19)14-6-2-7-15(21-14)20-11-12-4-1-5-13(10-12)22-8-3-9-25(22,23)24/h1-2,4-7,10H,3,8-9,11H2,(H,20,21). The molecular weight excluding hydrogens is 355 g/mol. The summed E-state index contributed by atoms with van der Waals surface area (Å²) in [5, 5.41) is 2.83. The lowest BCUT2D eigenvalue weighted by Gasteiger charge is -2.18. The number of aromatic nitrogens is 1. The summed E-state index contributed by atoms with van der Waals surface area (Å²) in [6, 6.07) is 10.5. The van der Waals surface area contributed by atoms with Crippen molar-refractivity contribution in [3.8, 4) is 0 Å². The number of rotatable bonds is 4. The number of hydrogen-bond donors (Lipinski definition) is 1. The van der Waals surface area contributed by atoms with Crippen molar-refractivity contribution in [1.29, 1.82) is 0 Å². The predicted octanol–water partition coefficient (Wildman–Crippen LogP) is 3.25. The second-order valence-electron chi connectivity index (χ2n) is 5.67. The first-order valence-electron chi connectivity index (χ1n) is 7.63. The molecule has 0 aliphatic carbocycles. The van der Waals surface area contributed by atoms with Gasteiger partial charge in [-0.2, -0.15) is 13.2 Å². The van der Waals surface area contributed by atoms with E-state index in [1.807, 2.05) is 0 Å². The fourth-order valence-electron chi connectivity index (χ4n) is 2.63. The van der Waals surface area contributed by atoms with E-state index >= 15 is 0 Å². The number of nitrogens with one attached hydrogen (secondary N) is 1. The number of sulfonamides is 1. The predicted molar refractivity (Wildman–Crippen MR) is 88.8 cm³/mol. The van der Waals surface area contributed by atoms with E-state index in [2.05, 4.69) is 10.3 Å². The smallest absolute Gasteiger partial charge is 0.366 e. The second kappa shape index (κ2) is 6.55. The van der Waals surface area contributed by atoms with Crippen LogP contribution in [0.3, 0.4) is 0 Å². The molecule has 5 nitrogen and oxygen atoms in total. The minimum Gasteiger partial charge on any atom is -0.366 e. The normalized spacial score (nSPS) is 16.8. The molecule has 3 rings (SSSR count). The molecule has 25 heavy (non-hydrogen) atoms. The summed E-state index contributed by atoms with van der Waals surface area (Å²) in [6.45, 7) is 0.671. The van der Waals surface area contributed by atoms with Crippen molar-refractivity contribution in [2.45, 2.75) is 19.1 Å². The number of anilines is 2. The van der Waals surface area contributed by atoms with Gasteiger partial charge in [0, 0.05) is 13.1 Å². The lowest BCUT2D eigenvalue weighted by Crippen LogP contribution is -2.25. The molecule has 0 unspecified atom stereocenters. The van der Waals surface area contributed by atoms with Gasteiger partial charge in [-0.05, 0) is 36.2 Å². The van der Waals surface area contributed by atoms with Crippen molar-refractivity contribution in [3.63, 3.8) is 0 Å². The molecule has 1 aromatic carbocycles. The van der Waals surface area contributed by atoms with Crippen molar-refractivity contribution in [2.75, 3.05) is 21.9 Å². The molecule has 0 atom stereocenters. The third-order valence-electron chi connectivity index (χ3n) is 3.81. The van der Waals surface area contributed by atoms with Crippen LogP contribution in [0.4, 0.5) is 24.7 Å². The van der Waals surface area contributed by atoms with E-state index in [4.69, 9.17) is 0 Å². The van der Waals surface area contributed by atoms with Crippen molar-refractivity contribution >= 4 is 21.5 Å². The summed E-state index contributed by atoms with van der Waals surface area (Å²) < 4.78 is 63.3. The number of alkyl halides is 3. The molecule has 1 aliphatic heterocycles. The lowest BCUT2D eigenvalue weighted by atomic mass is 10.2. The van der Waals surface area contributed by atoms with Crippen LogP contribution in [0, 0.1) is 0 Å². The van der Waals surface area contributed by atoms with E-state index in [1.54, 1.807) is 24.3 Å². The Balaban J connectivity index is 1.73. The fraction of sp³-hybridized carbons (Fsp3) is 0.312. The Morgan fingerprint density at radius 2 is 1.92 bits per heavy atom. The molecule has 0 amide bonds. The molecule has 9 heteroatoms. The average molecular weight is 371 g/mol. The van der Waals surface area contributed by atoms with Gasteiger partial charge in [0.05, 0.1) is 11.4 Å². The van der Waals surface area contributed by atoms with Crippen LogP contribution in [-0.2, 0) is 22.7 Å². The maximum atomic E-state index is 12.7. The van der Waals surface area contributed by atoms with E-state index in [0.29, 0.717) is 18.7 Å². The van der Waals surface area contributed by atoms with Crippen LogP contribution >= 0.6 is 0 Å². The topological polar surface area (TPSA) is 62.3 Å². The Morgan fingerprint density at radius 3 is 2.60 bits per heavy atom. The van der Waals surface area contributed by atoms with Gasteiger partial charge in [0.15, 0.2) is 0 Å². The molecule has 2 aromatic rings. The minimum atomic E-state index is -4.50. The molecular formula is C16H16F3N3O2S. The molecule has 0 bridgehead atoms. The summed E-state index contributed by atoms with van der Waals surface area (Å²) in [5.74, 6) is 0.234. The van der Waals surface area contributed by atoms with Gasteiger partial charge in [-0.15, -0.1) is 0 Å². The van der Waals surface area contributed by atoms with Crippen LogP contribution in [0.2, 0.25) is 0 Å². The van der Waals surface area contributed by atoms with Gasteiger partial charge in [0.25, 0.3) is 0 Å². The number of benzene rings is 1. The van der Waals surface area contributed by atoms with Crippen molar-refractivity contribution in [3.05, 3.63) is 53.7 Å². The Bertz CT molecular complexity index is 869. The van der Waals surface area contributed by atoms with E-state index in [9.17, 15) is 21.6 Å². The lowest BCUT2D eigenvalue weighted by molar-refractivity contribution is -0.141. The van der Waals surface area contributed by atoms with Crippen LogP contribution in [0.1, 0.15) is 17.7 Å². The quantitative estimate of drug-likeness (QED) is 0.896. The zero-order valence-electron chi connectivity index (χ0n) is 13.1. The van der Waals surface area contributed by atoms with Crippen LogP contribution in [-0.4, -0.2) is 25.7 Å². The molecule has 1 aliphatic rings. The summed E-state index contributed by atoms with van der Waals surface area (Å²) in [5.41, 5.74) is 0.349. The largest absolute Gasteiger partial charge is 0.433 e. The van der Waals surface area contributed by atoms with Gasteiger partial charge in [0.1, 0.15) is 11.5 Å². The maximum Gasteiger partial charge on any atom is 0.433 e. The number of hydrogen-bond acceptors (Lipinski definition) is 4. The Morgan fingerprint density at radius 1 is 1.16 bits per heavy atom. The average Bonchev–Trinajstić information content (AvgIpc) is 2.92. The Labute approximate surface area is 143 Å². The highest BCUT2D eigenvalue weighted by Gasteiger charge is 2.32. The summed E-state index contributed by atoms with van der Waals surface area (Å²) in [4.78, 5) is 3.54. The van der Waals surface area contributed by atoms with Crippen LogP contribution in [0.5, 0.6) is 0 Å². The number of nitrogens with zero attached hydrogens (tertiary/aromatic N) is 2. The molecule has 2 heterocycles. The molecule has 134 valence electrons. The van der Waals surface area contributed by atoms with Crippen LogP contribution in [0.15, 0.2) is 42.5 Å². The highest BCUT2D eigenvalue weighted by molar-refractivity contribution is 7.93. The molecule has 1 saturated heterocycles. The third kappa shape index (κ3) is 4.04. The van der Waals surface area contributed by atoms with Crippen molar-refractivity contribution in [2.24, 2.45) is 0 Å². The molecule has 1 N–H and O–H groups in total. The van der Waals surface area contributed by atoms with E-state index in [1.165, 1.54) is 16.4 Å². The van der Waals surface area contributed by atoms with Crippen molar-refractivity contribution < 1.29 is 21.6 Å². The first-order chi connectivity index (χ1) is 11.8. The number of pyridine rings is 1. The third-order valence-corrected chi connectivity index (χ3v) is 5.68. The zero-order chi connectivity index (χ0) is 18.1. The fourth-order valence-corrected chi connectivity index (χ4v) is 4.19. The number of halogens is 3. The van der Waals surface area contributed by atoms with E-state index < -0.39 is 21.9 Å². The van der Waals surface area contributed by atoms with Gasteiger partial charge in [0.2, 0.25) is 10.0 Å². The minimum absolute atomic E-state index is 0.106. The van der Waals surface area contributed by atoms with Crippen LogP contribution < -0.4 is 9.62 Å².